The van der Waals surface area contributed by atoms with Gasteiger partial charge in [0.2, 0.25) is 0 Å². The van der Waals surface area contributed by atoms with Crippen LogP contribution >= 0.6 is 27.7 Å². The summed E-state index contributed by atoms with van der Waals surface area (Å²) in [6.07, 6.45) is 7.45. The molecule has 0 saturated heterocycles. The van der Waals surface area contributed by atoms with Crippen LogP contribution < -0.4 is 5.32 Å². The molecular formula is C14H24BrN3OS. The minimum Gasteiger partial charge on any atom is -0.383 e. The number of thioether (sulfide) groups is 1. The number of hydrogen-bond donors (Lipinski definition) is 1. The maximum Gasteiger partial charge on any atom is 0.0705 e. The molecule has 1 aromatic rings. The lowest BCUT2D eigenvalue weighted by atomic mass is 10.2. The number of aromatic nitrogens is 2. The molecular weight excluding hydrogens is 338 g/mol. The molecule has 0 radical (unpaired) electrons. The van der Waals surface area contributed by atoms with Gasteiger partial charge in [0.1, 0.15) is 0 Å². The van der Waals surface area contributed by atoms with Crippen molar-refractivity contribution >= 4 is 27.7 Å². The van der Waals surface area contributed by atoms with E-state index in [0.717, 1.165) is 22.0 Å². The maximum atomic E-state index is 5.16. The van der Waals surface area contributed by atoms with Crippen molar-refractivity contribution in [3.05, 3.63) is 16.4 Å². The zero-order valence-electron chi connectivity index (χ0n) is 12.3. The molecule has 1 aromatic heterocycles. The van der Waals surface area contributed by atoms with Gasteiger partial charge in [-0.15, -0.1) is 0 Å². The number of methoxy groups -OCH3 is 1. The van der Waals surface area contributed by atoms with E-state index >= 15 is 0 Å². The average Bonchev–Trinajstić information content (AvgIpc) is 3.08. The van der Waals surface area contributed by atoms with Crippen LogP contribution in [0.1, 0.15) is 37.4 Å². The van der Waals surface area contributed by atoms with Gasteiger partial charge < -0.3 is 10.1 Å². The smallest absolute Gasteiger partial charge is 0.0705 e. The average molecular weight is 362 g/mol. The topological polar surface area (TPSA) is 39.1 Å². The Hall–Kier alpha value is -0.0400. The van der Waals surface area contributed by atoms with Crippen LogP contribution in [0, 0.1) is 0 Å². The molecule has 1 atom stereocenters. The first-order valence-electron chi connectivity index (χ1n) is 7.25. The highest BCUT2D eigenvalue weighted by Gasteiger charge is 2.22. The predicted octanol–water partition coefficient (Wildman–Crippen LogP) is 3.23. The Kier molecular flexibility index (Phi) is 6.87. The third-order valence-electron chi connectivity index (χ3n) is 3.82. The third-order valence-corrected chi connectivity index (χ3v) is 5.90. The highest BCUT2D eigenvalue weighted by atomic mass is 79.9. The minimum atomic E-state index is 0.328. The molecule has 1 unspecified atom stereocenters. The molecule has 0 spiro atoms. The van der Waals surface area contributed by atoms with Crippen molar-refractivity contribution in [3.63, 3.8) is 0 Å². The molecule has 0 aliphatic heterocycles. The molecule has 1 aliphatic rings. The van der Waals surface area contributed by atoms with Gasteiger partial charge in [-0.3, -0.25) is 4.68 Å². The Morgan fingerprint density at radius 1 is 1.55 bits per heavy atom. The second-order valence-corrected chi connectivity index (χ2v) is 7.36. The second kappa shape index (κ2) is 8.41. The summed E-state index contributed by atoms with van der Waals surface area (Å²) in [5, 5.41) is 8.72. The number of ether oxygens (including phenoxy) is 1. The molecule has 1 fully saturated rings. The molecule has 0 bridgehead atoms. The molecule has 2 rings (SSSR count). The summed E-state index contributed by atoms with van der Waals surface area (Å²) >= 11 is 5.73. The van der Waals surface area contributed by atoms with E-state index in [1.54, 1.807) is 7.11 Å². The van der Waals surface area contributed by atoms with Gasteiger partial charge >= 0.3 is 0 Å². The molecule has 1 aliphatic carbocycles. The third kappa shape index (κ3) is 4.23. The molecule has 6 heteroatoms. The number of nitrogens with one attached hydrogen (secondary N) is 1. The van der Waals surface area contributed by atoms with Gasteiger partial charge in [0.25, 0.3) is 0 Å². The van der Waals surface area contributed by atoms with Crippen molar-refractivity contribution < 1.29 is 4.74 Å². The summed E-state index contributed by atoms with van der Waals surface area (Å²) in [6.45, 7) is 1.48. The number of hydrogen-bond acceptors (Lipinski definition) is 4. The molecule has 0 amide bonds. The van der Waals surface area contributed by atoms with Crippen LogP contribution in [0.2, 0.25) is 0 Å². The summed E-state index contributed by atoms with van der Waals surface area (Å²) in [5.41, 5.74) is 1.23. The lowest BCUT2D eigenvalue weighted by Crippen LogP contribution is -2.24. The largest absolute Gasteiger partial charge is 0.383 e. The van der Waals surface area contributed by atoms with E-state index in [1.807, 2.05) is 17.9 Å². The van der Waals surface area contributed by atoms with E-state index in [9.17, 15) is 0 Å². The normalized spacial score (nSPS) is 17.8. The van der Waals surface area contributed by atoms with Crippen molar-refractivity contribution in [1.82, 2.24) is 15.1 Å². The minimum absolute atomic E-state index is 0.328. The van der Waals surface area contributed by atoms with Crippen molar-refractivity contribution in [2.45, 2.75) is 43.5 Å². The summed E-state index contributed by atoms with van der Waals surface area (Å²) in [4.78, 5) is 0. The summed E-state index contributed by atoms with van der Waals surface area (Å²) in [5.74, 6) is 1.10. The number of halogens is 1. The molecule has 1 heterocycles. The van der Waals surface area contributed by atoms with E-state index in [2.05, 4.69) is 38.1 Å². The molecule has 0 aromatic carbocycles. The maximum absolute atomic E-state index is 5.16. The van der Waals surface area contributed by atoms with E-state index < -0.39 is 0 Å². The van der Waals surface area contributed by atoms with Crippen LogP contribution in [0.3, 0.4) is 0 Å². The molecule has 1 N–H and O–H groups in total. The summed E-state index contributed by atoms with van der Waals surface area (Å²) < 4.78 is 8.29. The fourth-order valence-electron chi connectivity index (χ4n) is 2.66. The Bertz CT molecular complexity index is 407. The first-order valence-corrected chi connectivity index (χ1v) is 9.09. The molecule has 114 valence electrons. The molecule has 4 nitrogen and oxygen atoms in total. The van der Waals surface area contributed by atoms with Crippen LogP contribution in [0.15, 0.2) is 10.7 Å². The predicted molar refractivity (Wildman–Crippen MR) is 88.3 cm³/mol. The Balaban J connectivity index is 1.99. The van der Waals surface area contributed by atoms with Crippen molar-refractivity contribution in [3.8, 4) is 0 Å². The molecule has 20 heavy (non-hydrogen) atoms. The van der Waals surface area contributed by atoms with Crippen LogP contribution in [0.5, 0.6) is 0 Å². The van der Waals surface area contributed by atoms with Gasteiger partial charge in [-0.05, 0) is 35.8 Å². The fraction of sp³-hybridized carbons (Fsp3) is 0.786. The van der Waals surface area contributed by atoms with E-state index in [-0.39, 0.29) is 0 Å². The van der Waals surface area contributed by atoms with Gasteiger partial charge in [0.05, 0.1) is 35.6 Å². The SMILES string of the molecule is CNC(CSC1CCCC1)c1c(Br)cnn1CCOC. The monoisotopic (exact) mass is 361 g/mol. The summed E-state index contributed by atoms with van der Waals surface area (Å²) in [7, 11) is 3.75. The Morgan fingerprint density at radius 2 is 2.30 bits per heavy atom. The lowest BCUT2D eigenvalue weighted by molar-refractivity contribution is 0.182. The van der Waals surface area contributed by atoms with Crippen LogP contribution in [0.25, 0.3) is 0 Å². The van der Waals surface area contributed by atoms with Gasteiger partial charge in [-0.25, -0.2) is 0 Å². The quantitative estimate of drug-likeness (QED) is 0.771. The van der Waals surface area contributed by atoms with Crippen LogP contribution in [0.4, 0.5) is 0 Å². The van der Waals surface area contributed by atoms with Crippen molar-refractivity contribution in [2.24, 2.45) is 0 Å². The van der Waals surface area contributed by atoms with Crippen LogP contribution in [-0.4, -0.2) is 41.5 Å². The lowest BCUT2D eigenvalue weighted by Gasteiger charge is -2.20. The molecule has 1 saturated carbocycles. The summed E-state index contributed by atoms with van der Waals surface area (Å²) in [6, 6.07) is 0.328. The van der Waals surface area contributed by atoms with E-state index in [4.69, 9.17) is 4.74 Å². The zero-order valence-corrected chi connectivity index (χ0v) is 14.7. The number of rotatable bonds is 8. The van der Waals surface area contributed by atoms with Gasteiger partial charge in [0, 0.05) is 18.1 Å². The fourth-order valence-corrected chi connectivity index (χ4v) is 4.69. The Morgan fingerprint density at radius 3 is 2.95 bits per heavy atom. The first kappa shape index (κ1) is 16.3. The highest BCUT2D eigenvalue weighted by molar-refractivity contribution is 9.10. The zero-order chi connectivity index (χ0) is 14.4. The van der Waals surface area contributed by atoms with Gasteiger partial charge in [-0.2, -0.15) is 16.9 Å². The van der Waals surface area contributed by atoms with E-state index in [1.165, 1.54) is 31.4 Å². The van der Waals surface area contributed by atoms with E-state index in [0.29, 0.717) is 12.6 Å². The second-order valence-electron chi connectivity index (χ2n) is 5.17. The highest BCUT2D eigenvalue weighted by Crippen LogP contribution is 2.33. The van der Waals surface area contributed by atoms with Crippen LogP contribution in [-0.2, 0) is 11.3 Å². The van der Waals surface area contributed by atoms with Crippen molar-refractivity contribution in [1.29, 1.82) is 0 Å². The van der Waals surface area contributed by atoms with Gasteiger partial charge in [-0.1, -0.05) is 12.8 Å². The standard InChI is InChI=1S/C14H24BrN3OS/c1-16-13(10-20-11-5-3-4-6-11)14-12(15)9-17-18(14)7-8-19-2/h9,11,13,16H,3-8,10H2,1-2H3. The number of nitrogens with zero attached hydrogens (tertiary/aromatic N) is 2. The first-order chi connectivity index (χ1) is 9.76. The van der Waals surface area contributed by atoms with Crippen molar-refractivity contribution in [2.75, 3.05) is 26.5 Å². The Labute approximate surface area is 134 Å². The van der Waals surface area contributed by atoms with Gasteiger partial charge in [0.15, 0.2) is 0 Å².